The van der Waals surface area contributed by atoms with Crippen LogP contribution >= 0.6 is 0 Å². The van der Waals surface area contributed by atoms with Gasteiger partial charge in [0, 0.05) is 24.2 Å². The average molecular weight is 276 g/mol. The molecule has 1 aromatic carbocycles. The van der Waals surface area contributed by atoms with Crippen molar-refractivity contribution < 1.29 is 14.7 Å². The van der Waals surface area contributed by atoms with E-state index in [9.17, 15) is 14.7 Å². The number of amides is 2. The van der Waals surface area contributed by atoms with Gasteiger partial charge in [0.15, 0.2) is 0 Å². The van der Waals surface area contributed by atoms with Crippen molar-refractivity contribution in [2.24, 2.45) is 0 Å². The Morgan fingerprint density at radius 2 is 2.25 bits per heavy atom. The first-order valence-corrected chi connectivity index (χ1v) is 6.99. The topological polar surface area (TPSA) is 78.4 Å². The number of carbonyl (C=O) groups excluding carboxylic acids is 2. The number of carbonyl (C=O) groups is 2. The van der Waals surface area contributed by atoms with Gasteiger partial charge in [0.1, 0.15) is 0 Å². The number of fused-ring (bicyclic) bond motifs is 1. The SMILES string of the molecule is CCC(O)CCNC(=O)c1ccc2c(c1)CCC(=O)N2. The molecular formula is C15H20N2O3. The number of rotatable bonds is 5. The maximum atomic E-state index is 12.0. The summed E-state index contributed by atoms with van der Waals surface area (Å²) in [5.74, 6) is -0.128. The monoisotopic (exact) mass is 276 g/mol. The van der Waals surface area contributed by atoms with Gasteiger partial charge in [0.2, 0.25) is 5.91 Å². The van der Waals surface area contributed by atoms with Crippen LogP contribution in [0.15, 0.2) is 18.2 Å². The molecule has 1 atom stereocenters. The molecule has 0 fully saturated rings. The molecule has 0 saturated heterocycles. The summed E-state index contributed by atoms with van der Waals surface area (Å²) >= 11 is 0. The van der Waals surface area contributed by atoms with Gasteiger partial charge in [-0.25, -0.2) is 0 Å². The Morgan fingerprint density at radius 1 is 1.45 bits per heavy atom. The number of aliphatic hydroxyl groups excluding tert-OH is 1. The van der Waals surface area contributed by atoms with Gasteiger partial charge in [-0.05, 0) is 43.0 Å². The molecule has 108 valence electrons. The zero-order valence-corrected chi connectivity index (χ0v) is 11.6. The lowest BCUT2D eigenvalue weighted by molar-refractivity contribution is -0.116. The zero-order valence-electron chi connectivity index (χ0n) is 11.6. The van der Waals surface area contributed by atoms with Crippen LogP contribution in [-0.4, -0.2) is 29.6 Å². The molecule has 1 heterocycles. The molecule has 1 aliphatic heterocycles. The fraction of sp³-hybridized carbons (Fsp3) is 0.467. The van der Waals surface area contributed by atoms with Crippen LogP contribution in [0.5, 0.6) is 0 Å². The van der Waals surface area contributed by atoms with Crippen molar-refractivity contribution >= 4 is 17.5 Å². The Morgan fingerprint density at radius 3 is 3.00 bits per heavy atom. The second kappa shape index (κ2) is 6.52. The van der Waals surface area contributed by atoms with Crippen molar-refractivity contribution in [1.29, 1.82) is 0 Å². The van der Waals surface area contributed by atoms with Gasteiger partial charge < -0.3 is 15.7 Å². The molecule has 2 rings (SSSR count). The third-order valence-corrected chi connectivity index (χ3v) is 3.50. The van der Waals surface area contributed by atoms with Crippen LogP contribution in [0.25, 0.3) is 0 Å². The summed E-state index contributed by atoms with van der Waals surface area (Å²) in [7, 11) is 0. The quantitative estimate of drug-likeness (QED) is 0.762. The Kier molecular flexibility index (Phi) is 4.74. The zero-order chi connectivity index (χ0) is 14.5. The van der Waals surface area contributed by atoms with Crippen LogP contribution in [0.4, 0.5) is 5.69 Å². The van der Waals surface area contributed by atoms with E-state index in [-0.39, 0.29) is 17.9 Å². The molecule has 20 heavy (non-hydrogen) atoms. The molecule has 0 bridgehead atoms. The van der Waals surface area contributed by atoms with Crippen LogP contribution in [0.1, 0.15) is 42.1 Å². The summed E-state index contributed by atoms with van der Waals surface area (Å²) in [5, 5.41) is 15.0. The van der Waals surface area contributed by atoms with Gasteiger partial charge in [0.05, 0.1) is 6.10 Å². The molecule has 5 heteroatoms. The van der Waals surface area contributed by atoms with Gasteiger partial charge in [-0.3, -0.25) is 9.59 Å². The van der Waals surface area contributed by atoms with Crippen molar-refractivity contribution in [3.63, 3.8) is 0 Å². The molecule has 1 unspecified atom stereocenters. The van der Waals surface area contributed by atoms with E-state index in [4.69, 9.17) is 0 Å². The minimum absolute atomic E-state index is 0.0169. The lowest BCUT2D eigenvalue weighted by Gasteiger charge is -2.17. The minimum Gasteiger partial charge on any atom is -0.393 e. The van der Waals surface area contributed by atoms with E-state index in [0.717, 1.165) is 11.3 Å². The van der Waals surface area contributed by atoms with Crippen molar-refractivity contribution in [2.75, 3.05) is 11.9 Å². The van der Waals surface area contributed by atoms with E-state index in [0.29, 0.717) is 37.8 Å². The molecular weight excluding hydrogens is 256 g/mol. The fourth-order valence-electron chi connectivity index (χ4n) is 2.18. The van der Waals surface area contributed by atoms with E-state index in [1.165, 1.54) is 0 Å². The summed E-state index contributed by atoms with van der Waals surface area (Å²) in [6.45, 7) is 2.37. The largest absolute Gasteiger partial charge is 0.393 e. The van der Waals surface area contributed by atoms with Crippen molar-refractivity contribution in [2.45, 2.75) is 38.7 Å². The van der Waals surface area contributed by atoms with Crippen LogP contribution in [0, 0.1) is 0 Å². The highest BCUT2D eigenvalue weighted by atomic mass is 16.3. The maximum absolute atomic E-state index is 12.0. The van der Waals surface area contributed by atoms with Crippen molar-refractivity contribution in [3.8, 4) is 0 Å². The Balaban J connectivity index is 1.95. The molecule has 0 aromatic heterocycles. The molecule has 1 aromatic rings. The summed E-state index contributed by atoms with van der Waals surface area (Å²) in [4.78, 5) is 23.2. The molecule has 0 radical (unpaired) electrons. The number of benzene rings is 1. The normalized spacial score (nSPS) is 15.2. The molecule has 5 nitrogen and oxygen atoms in total. The third-order valence-electron chi connectivity index (χ3n) is 3.50. The smallest absolute Gasteiger partial charge is 0.251 e. The second-order valence-corrected chi connectivity index (χ2v) is 5.03. The fourth-order valence-corrected chi connectivity index (χ4v) is 2.18. The second-order valence-electron chi connectivity index (χ2n) is 5.03. The van der Waals surface area contributed by atoms with Gasteiger partial charge in [-0.2, -0.15) is 0 Å². The number of aryl methyl sites for hydroxylation is 1. The van der Waals surface area contributed by atoms with Crippen LogP contribution in [0.2, 0.25) is 0 Å². The molecule has 0 spiro atoms. The highest BCUT2D eigenvalue weighted by Gasteiger charge is 2.16. The first-order valence-electron chi connectivity index (χ1n) is 6.99. The van der Waals surface area contributed by atoms with Gasteiger partial charge in [0.25, 0.3) is 5.91 Å². The summed E-state index contributed by atoms with van der Waals surface area (Å²) in [5.41, 5.74) is 2.37. The van der Waals surface area contributed by atoms with E-state index in [2.05, 4.69) is 10.6 Å². The molecule has 0 aliphatic carbocycles. The van der Waals surface area contributed by atoms with Crippen molar-refractivity contribution in [1.82, 2.24) is 5.32 Å². The Labute approximate surface area is 118 Å². The standard InChI is InChI=1S/C15H20N2O3/c1-2-12(18)7-8-16-15(20)11-3-5-13-10(9-11)4-6-14(19)17-13/h3,5,9,12,18H,2,4,6-8H2,1H3,(H,16,20)(H,17,19). The van der Waals surface area contributed by atoms with Gasteiger partial charge >= 0.3 is 0 Å². The van der Waals surface area contributed by atoms with Gasteiger partial charge in [-0.15, -0.1) is 0 Å². The summed E-state index contributed by atoms with van der Waals surface area (Å²) in [6, 6.07) is 5.29. The number of anilines is 1. The van der Waals surface area contributed by atoms with Gasteiger partial charge in [-0.1, -0.05) is 6.92 Å². The molecule has 0 saturated carbocycles. The van der Waals surface area contributed by atoms with Crippen LogP contribution < -0.4 is 10.6 Å². The number of hydrogen-bond acceptors (Lipinski definition) is 3. The third kappa shape index (κ3) is 3.57. The van der Waals surface area contributed by atoms with Crippen LogP contribution in [-0.2, 0) is 11.2 Å². The lowest BCUT2D eigenvalue weighted by atomic mass is 10.00. The van der Waals surface area contributed by atoms with E-state index in [1.807, 2.05) is 13.0 Å². The Hall–Kier alpha value is -1.88. The predicted octanol–water partition coefficient (Wildman–Crippen LogP) is 1.46. The first-order chi connectivity index (χ1) is 9.60. The minimum atomic E-state index is -0.367. The number of aliphatic hydroxyl groups is 1. The summed E-state index contributed by atoms with van der Waals surface area (Å²) in [6.07, 6.45) is 2.00. The average Bonchev–Trinajstić information content (AvgIpc) is 2.46. The maximum Gasteiger partial charge on any atom is 0.251 e. The molecule has 1 aliphatic rings. The number of nitrogens with one attached hydrogen (secondary N) is 2. The molecule has 3 N–H and O–H groups in total. The summed E-state index contributed by atoms with van der Waals surface area (Å²) < 4.78 is 0. The van der Waals surface area contributed by atoms with E-state index < -0.39 is 0 Å². The highest BCUT2D eigenvalue weighted by Crippen LogP contribution is 2.23. The predicted molar refractivity (Wildman–Crippen MR) is 76.6 cm³/mol. The van der Waals surface area contributed by atoms with E-state index in [1.54, 1.807) is 12.1 Å². The van der Waals surface area contributed by atoms with Crippen LogP contribution in [0.3, 0.4) is 0 Å². The van der Waals surface area contributed by atoms with Crippen molar-refractivity contribution in [3.05, 3.63) is 29.3 Å². The highest BCUT2D eigenvalue weighted by molar-refractivity contribution is 5.97. The van der Waals surface area contributed by atoms with E-state index >= 15 is 0 Å². The number of hydrogen-bond donors (Lipinski definition) is 3. The Bertz CT molecular complexity index is 514. The lowest BCUT2D eigenvalue weighted by Crippen LogP contribution is -2.27. The molecule has 2 amide bonds. The first kappa shape index (κ1) is 14.5.